The summed E-state index contributed by atoms with van der Waals surface area (Å²) in [5, 5.41) is 6.75. The van der Waals surface area contributed by atoms with Gasteiger partial charge in [0.25, 0.3) is 0 Å². The van der Waals surface area contributed by atoms with Crippen molar-refractivity contribution in [1.82, 2.24) is 20.4 Å². The summed E-state index contributed by atoms with van der Waals surface area (Å²) < 4.78 is 5.62. The molecule has 0 aromatic rings. The number of nitrogens with one attached hydrogen (secondary N) is 2. The molecular formula is C18H39N5O. The van der Waals surface area contributed by atoms with E-state index in [9.17, 15) is 0 Å². The first-order valence-corrected chi connectivity index (χ1v) is 9.55. The number of rotatable bonds is 10. The molecule has 1 atom stereocenters. The Balaban J connectivity index is 2.12. The van der Waals surface area contributed by atoms with Crippen molar-refractivity contribution in [2.45, 2.75) is 40.2 Å². The lowest BCUT2D eigenvalue weighted by Gasteiger charge is -2.37. The third kappa shape index (κ3) is 8.85. The van der Waals surface area contributed by atoms with Gasteiger partial charge in [-0.1, -0.05) is 20.8 Å². The molecule has 1 unspecified atom stereocenters. The molecule has 24 heavy (non-hydrogen) atoms. The van der Waals surface area contributed by atoms with Crippen LogP contribution in [0.2, 0.25) is 0 Å². The normalized spacial score (nSPS) is 18.8. The van der Waals surface area contributed by atoms with Crippen LogP contribution in [0.5, 0.6) is 0 Å². The van der Waals surface area contributed by atoms with Gasteiger partial charge in [-0.25, -0.2) is 0 Å². The van der Waals surface area contributed by atoms with E-state index >= 15 is 0 Å². The van der Waals surface area contributed by atoms with Crippen LogP contribution in [-0.4, -0.2) is 87.9 Å². The van der Waals surface area contributed by atoms with Crippen LogP contribution in [0, 0.1) is 5.92 Å². The van der Waals surface area contributed by atoms with Crippen LogP contribution >= 0.6 is 0 Å². The number of guanidine groups is 1. The van der Waals surface area contributed by atoms with E-state index in [2.05, 4.69) is 53.1 Å². The fourth-order valence-electron chi connectivity index (χ4n) is 2.78. The molecule has 1 aliphatic heterocycles. The predicted octanol–water partition coefficient (Wildman–Crippen LogP) is 1.24. The maximum absolute atomic E-state index is 5.62. The molecule has 0 aromatic carbocycles. The molecule has 0 radical (unpaired) electrons. The Bertz CT molecular complexity index is 340. The lowest BCUT2D eigenvalue weighted by atomic mass is 10.1. The highest BCUT2D eigenvalue weighted by molar-refractivity contribution is 5.79. The summed E-state index contributed by atoms with van der Waals surface area (Å²) in [5.41, 5.74) is 0. The minimum Gasteiger partial charge on any atom is -0.380 e. The van der Waals surface area contributed by atoms with Crippen LogP contribution in [0.3, 0.4) is 0 Å². The molecule has 1 fully saturated rings. The number of piperazine rings is 1. The summed E-state index contributed by atoms with van der Waals surface area (Å²) in [4.78, 5) is 9.36. The first-order valence-electron chi connectivity index (χ1n) is 9.55. The highest BCUT2D eigenvalue weighted by atomic mass is 16.5. The third-order valence-corrected chi connectivity index (χ3v) is 4.64. The lowest BCUT2D eigenvalue weighted by Crippen LogP contribution is -2.53. The van der Waals surface area contributed by atoms with Gasteiger partial charge in [-0.3, -0.25) is 9.89 Å². The van der Waals surface area contributed by atoms with Crippen LogP contribution in [0.1, 0.15) is 34.1 Å². The average Bonchev–Trinajstić information content (AvgIpc) is 2.60. The van der Waals surface area contributed by atoms with Crippen molar-refractivity contribution in [2.75, 3.05) is 66.1 Å². The fourth-order valence-corrected chi connectivity index (χ4v) is 2.78. The first-order chi connectivity index (χ1) is 11.6. The lowest BCUT2D eigenvalue weighted by molar-refractivity contribution is 0.107. The highest BCUT2D eigenvalue weighted by Crippen LogP contribution is 2.05. The van der Waals surface area contributed by atoms with Gasteiger partial charge in [0.2, 0.25) is 0 Å². The van der Waals surface area contributed by atoms with E-state index in [0.717, 1.165) is 58.3 Å². The van der Waals surface area contributed by atoms with E-state index in [1.807, 2.05) is 7.05 Å². The van der Waals surface area contributed by atoms with Gasteiger partial charge in [0, 0.05) is 59.0 Å². The summed E-state index contributed by atoms with van der Waals surface area (Å²) in [6.45, 7) is 18.1. The summed E-state index contributed by atoms with van der Waals surface area (Å²) >= 11 is 0. The SMILES string of the molecule is CCN1CCN(C(C)CNC(=NC)NCCOCCC(C)C)CC1. The summed E-state index contributed by atoms with van der Waals surface area (Å²) in [5.74, 6) is 1.56. The molecule has 6 heteroatoms. The van der Waals surface area contributed by atoms with Gasteiger partial charge in [0.1, 0.15) is 0 Å². The van der Waals surface area contributed by atoms with Gasteiger partial charge in [0.05, 0.1) is 6.61 Å². The van der Waals surface area contributed by atoms with Gasteiger partial charge >= 0.3 is 0 Å². The van der Waals surface area contributed by atoms with Crippen molar-refractivity contribution in [1.29, 1.82) is 0 Å². The van der Waals surface area contributed by atoms with Crippen molar-refractivity contribution in [3.05, 3.63) is 0 Å². The van der Waals surface area contributed by atoms with Crippen molar-refractivity contribution in [3.8, 4) is 0 Å². The molecule has 1 rings (SSSR count). The molecule has 0 aromatic heterocycles. The van der Waals surface area contributed by atoms with Gasteiger partial charge in [-0.05, 0) is 25.8 Å². The monoisotopic (exact) mass is 341 g/mol. The standard InChI is InChI=1S/C18H39N5O/c1-6-22-9-11-23(12-10-22)17(4)15-21-18(19-5)20-8-14-24-13-7-16(2)3/h16-17H,6-15H2,1-5H3,(H2,19,20,21). The quantitative estimate of drug-likeness (QED) is 0.356. The van der Waals surface area contributed by atoms with E-state index in [1.54, 1.807) is 0 Å². The number of hydrogen-bond donors (Lipinski definition) is 2. The molecule has 0 bridgehead atoms. The van der Waals surface area contributed by atoms with Crippen molar-refractivity contribution >= 4 is 5.96 Å². The van der Waals surface area contributed by atoms with Crippen molar-refractivity contribution in [3.63, 3.8) is 0 Å². The van der Waals surface area contributed by atoms with E-state index < -0.39 is 0 Å². The summed E-state index contributed by atoms with van der Waals surface area (Å²) in [6.07, 6.45) is 1.12. The molecule has 6 nitrogen and oxygen atoms in total. The molecule has 1 saturated heterocycles. The zero-order valence-corrected chi connectivity index (χ0v) is 16.5. The summed E-state index contributed by atoms with van der Waals surface area (Å²) in [6, 6.07) is 0.518. The van der Waals surface area contributed by atoms with Crippen molar-refractivity contribution < 1.29 is 4.74 Å². The third-order valence-electron chi connectivity index (χ3n) is 4.64. The van der Waals surface area contributed by atoms with Crippen LogP contribution in [0.4, 0.5) is 0 Å². The minimum absolute atomic E-state index is 0.518. The van der Waals surface area contributed by atoms with Crippen molar-refractivity contribution in [2.24, 2.45) is 10.9 Å². The van der Waals surface area contributed by atoms with Gasteiger partial charge in [-0.15, -0.1) is 0 Å². The molecule has 0 aliphatic carbocycles. The van der Waals surface area contributed by atoms with Gasteiger partial charge in [-0.2, -0.15) is 0 Å². The number of hydrogen-bond acceptors (Lipinski definition) is 4. The Labute approximate surface area is 149 Å². The second-order valence-electron chi connectivity index (χ2n) is 6.99. The fraction of sp³-hybridized carbons (Fsp3) is 0.944. The molecule has 1 heterocycles. The molecule has 0 amide bonds. The number of ether oxygens (including phenoxy) is 1. The molecule has 1 aliphatic rings. The largest absolute Gasteiger partial charge is 0.380 e. The van der Waals surface area contributed by atoms with E-state index in [1.165, 1.54) is 13.1 Å². The Kier molecular flexibility index (Phi) is 11.0. The predicted molar refractivity (Wildman–Crippen MR) is 103 cm³/mol. The number of likely N-dealkylation sites (N-methyl/N-ethyl adjacent to an activating group) is 1. The molecule has 142 valence electrons. The highest BCUT2D eigenvalue weighted by Gasteiger charge is 2.20. The van der Waals surface area contributed by atoms with Crippen LogP contribution < -0.4 is 10.6 Å². The Morgan fingerprint density at radius 1 is 1.08 bits per heavy atom. The Morgan fingerprint density at radius 3 is 2.38 bits per heavy atom. The average molecular weight is 342 g/mol. The maximum atomic E-state index is 5.62. The first kappa shape index (κ1) is 21.2. The van der Waals surface area contributed by atoms with Gasteiger partial charge in [0.15, 0.2) is 5.96 Å². The second-order valence-corrected chi connectivity index (χ2v) is 6.99. The Morgan fingerprint density at radius 2 is 1.79 bits per heavy atom. The van der Waals surface area contributed by atoms with Crippen LogP contribution in [0.25, 0.3) is 0 Å². The van der Waals surface area contributed by atoms with Crippen LogP contribution in [-0.2, 0) is 4.74 Å². The van der Waals surface area contributed by atoms with Crippen LogP contribution in [0.15, 0.2) is 4.99 Å². The van der Waals surface area contributed by atoms with E-state index in [-0.39, 0.29) is 0 Å². The Hall–Kier alpha value is -0.850. The molecule has 2 N–H and O–H groups in total. The molecule has 0 saturated carbocycles. The smallest absolute Gasteiger partial charge is 0.191 e. The molecule has 0 spiro atoms. The topological polar surface area (TPSA) is 52.1 Å². The number of nitrogens with zero attached hydrogens (tertiary/aromatic N) is 3. The zero-order valence-electron chi connectivity index (χ0n) is 16.5. The van der Waals surface area contributed by atoms with Gasteiger partial charge < -0.3 is 20.3 Å². The number of aliphatic imine (C=N–C) groups is 1. The zero-order chi connectivity index (χ0) is 17.8. The molecular weight excluding hydrogens is 302 g/mol. The van der Waals surface area contributed by atoms with E-state index in [0.29, 0.717) is 12.0 Å². The minimum atomic E-state index is 0.518. The summed E-state index contributed by atoms with van der Waals surface area (Å²) in [7, 11) is 1.82. The maximum Gasteiger partial charge on any atom is 0.191 e. The van der Waals surface area contributed by atoms with E-state index in [4.69, 9.17) is 4.74 Å². The second kappa shape index (κ2) is 12.5.